The molecule has 0 radical (unpaired) electrons. The molecule has 2 aromatic rings. The Balaban J connectivity index is 2.58. The monoisotopic (exact) mass is 381 g/mol. The van der Waals surface area contributed by atoms with Crippen molar-refractivity contribution in [1.82, 2.24) is 14.8 Å². The Morgan fingerprint density at radius 3 is 2.60 bits per heavy atom. The summed E-state index contributed by atoms with van der Waals surface area (Å²) < 4.78 is 7.31. The third-order valence-corrected chi connectivity index (χ3v) is 4.10. The summed E-state index contributed by atoms with van der Waals surface area (Å²) in [7, 11) is 0. The molecule has 1 heterocycles. The lowest BCUT2D eigenvalue weighted by molar-refractivity contribution is -0.150. The van der Waals surface area contributed by atoms with Crippen LogP contribution in [0.2, 0.25) is 10.0 Å². The Hall–Kier alpha value is -1.85. The van der Waals surface area contributed by atoms with Gasteiger partial charge < -0.3 is 4.74 Å². The first-order chi connectivity index (χ1) is 11.7. The third kappa shape index (κ3) is 5.06. The fraction of sp³-hybridized carbons (Fsp3) is 0.389. The van der Waals surface area contributed by atoms with Crippen molar-refractivity contribution in [3.63, 3.8) is 0 Å². The number of rotatable bonds is 5. The first-order valence-electron chi connectivity index (χ1n) is 7.93. The largest absolute Gasteiger partial charge is 0.455 e. The van der Waals surface area contributed by atoms with Crippen LogP contribution < -0.4 is 0 Å². The minimum absolute atomic E-state index is 0.284. The van der Waals surface area contributed by atoms with Gasteiger partial charge in [-0.05, 0) is 23.8 Å². The SMILES string of the molecule is CCC(=O)OC(/C(=C\c1ccc(Cl)cc1Cl)n1cncn1)C(C)(C)C. The maximum Gasteiger partial charge on any atom is 0.306 e. The first kappa shape index (κ1) is 19.5. The quantitative estimate of drug-likeness (QED) is 0.687. The molecule has 7 heteroatoms. The molecule has 0 aliphatic carbocycles. The molecule has 0 aliphatic rings. The van der Waals surface area contributed by atoms with Crippen molar-refractivity contribution in [2.24, 2.45) is 5.41 Å². The van der Waals surface area contributed by atoms with Crippen LogP contribution >= 0.6 is 23.2 Å². The van der Waals surface area contributed by atoms with Gasteiger partial charge in [-0.2, -0.15) is 5.10 Å². The molecule has 0 N–H and O–H groups in total. The number of benzene rings is 1. The van der Waals surface area contributed by atoms with Crippen LogP contribution in [0.25, 0.3) is 11.8 Å². The molecule has 0 fully saturated rings. The number of carbonyl (C=O) groups is 1. The van der Waals surface area contributed by atoms with Gasteiger partial charge in [-0.25, -0.2) is 9.67 Å². The molecule has 1 aromatic heterocycles. The van der Waals surface area contributed by atoms with E-state index in [1.807, 2.05) is 32.9 Å². The highest BCUT2D eigenvalue weighted by Crippen LogP contribution is 2.33. The number of ether oxygens (including phenoxy) is 1. The number of nitrogens with zero attached hydrogens (tertiary/aromatic N) is 3. The van der Waals surface area contributed by atoms with E-state index in [-0.39, 0.29) is 11.4 Å². The Bertz CT molecular complexity index is 765. The molecule has 0 spiro atoms. The minimum atomic E-state index is -0.534. The molecule has 0 aliphatic heterocycles. The van der Waals surface area contributed by atoms with E-state index in [4.69, 9.17) is 27.9 Å². The molecular formula is C18H21Cl2N3O2. The van der Waals surface area contributed by atoms with E-state index in [2.05, 4.69) is 10.1 Å². The van der Waals surface area contributed by atoms with Crippen LogP contribution in [0.1, 0.15) is 39.7 Å². The summed E-state index contributed by atoms with van der Waals surface area (Å²) in [6, 6.07) is 5.23. The lowest BCUT2D eigenvalue weighted by atomic mass is 9.86. The summed E-state index contributed by atoms with van der Waals surface area (Å²) in [5.41, 5.74) is 1.05. The van der Waals surface area contributed by atoms with Gasteiger partial charge in [0, 0.05) is 21.9 Å². The van der Waals surface area contributed by atoms with Crippen molar-refractivity contribution in [2.45, 2.75) is 40.2 Å². The number of hydrogen-bond donors (Lipinski definition) is 0. The topological polar surface area (TPSA) is 57.0 Å². The second kappa shape index (κ2) is 8.02. The van der Waals surface area contributed by atoms with Gasteiger partial charge >= 0.3 is 5.97 Å². The Kier molecular flexibility index (Phi) is 6.25. The predicted octanol–water partition coefficient (Wildman–Crippen LogP) is 4.95. The van der Waals surface area contributed by atoms with E-state index >= 15 is 0 Å². The number of hydrogen-bond acceptors (Lipinski definition) is 4. The Labute approximate surface area is 157 Å². The molecule has 25 heavy (non-hydrogen) atoms. The van der Waals surface area contributed by atoms with E-state index in [1.54, 1.807) is 30.1 Å². The van der Waals surface area contributed by atoms with E-state index in [9.17, 15) is 4.79 Å². The normalized spacial score (nSPS) is 13.6. The third-order valence-electron chi connectivity index (χ3n) is 3.54. The summed E-state index contributed by atoms with van der Waals surface area (Å²) in [4.78, 5) is 16.0. The van der Waals surface area contributed by atoms with Gasteiger partial charge in [-0.1, -0.05) is 57.0 Å². The second-order valence-electron chi connectivity index (χ2n) is 6.66. The van der Waals surface area contributed by atoms with Crippen LogP contribution in [0.5, 0.6) is 0 Å². The number of esters is 1. The standard InChI is InChI=1S/C18H21Cl2N3O2/c1-5-16(24)25-17(18(2,3)4)15(23-11-21-10-22-23)8-12-6-7-13(19)9-14(12)20/h6-11,17H,5H2,1-4H3/b15-8+. The number of halogens is 2. The van der Waals surface area contributed by atoms with Crippen LogP contribution in [0.3, 0.4) is 0 Å². The van der Waals surface area contributed by atoms with Crippen LogP contribution in [0, 0.1) is 5.41 Å². The number of aromatic nitrogens is 3. The Morgan fingerprint density at radius 1 is 1.36 bits per heavy atom. The minimum Gasteiger partial charge on any atom is -0.455 e. The maximum absolute atomic E-state index is 12.0. The average Bonchev–Trinajstić information content (AvgIpc) is 3.05. The molecule has 0 saturated heterocycles. The zero-order valence-electron chi connectivity index (χ0n) is 14.7. The van der Waals surface area contributed by atoms with Crippen LogP contribution in [0.4, 0.5) is 0 Å². The van der Waals surface area contributed by atoms with Gasteiger partial charge in [0.1, 0.15) is 18.8 Å². The molecule has 1 unspecified atom stereocenters. The molecule has 0 bridgehead atoms. The fourth-order valence-corrected chi connectivity index (χ4v) is 2.74. The Morgan fingerprint density at radius 2 is 2.08 bits per heavy atom. The van der Waals surface area contributed by atoms with Crippen LogP contribution in [-0.2, 0) is 9.53 Å². The lowest BCUT2D eigenvalue weighted by Gasteiger charge is -2.32. The van der Waals surface area contributed by atoms with Gasteiger partial charge in [-0.3, -0.25) is 4.79 Å². The lowest BCUT2D eigenvalue weighted by Crippen LogP contribution is -2.34. The highest BCUT2D eigenvalue weighted by molar-refractivity contribution is 6.35. The van der Waals surface area contributed by atoms with Crippen molar-refractivity contribution >= 4 is 40.9 Å². The summed E-state index contributed by atoms with van der Waals surface area (Å²) in [6.45, 7) is 7.75. The van der Waals surface area contributed by atoms with Crippen molar-refractivity contribution in [3.05, 3.63) is 46.5 Å². The van der Waals surface area contributed by atoms with E-state index in [0.29, 0.717) is 22.2 Å². The van der Waals surface area contributed by atoms with Gasteiger partial charge in [-0.15, -0.1) is 0 Å². The van der Waals surface area contributed by atoms with Gasteiger partial charge in [0.05, 0.1) is 5.70 Å². The zero-order chi connectivity index (χ0) is 18.6. The molecule has 134 valence electrons. The summed E-state index contributed by atoms with van der Waals surface area (Å²) in [5.74, 6) is -0.284. The zero-order valence-corrected chi connectivity index (χ0v) is 16.2. The van der Waals surface area contributed by atoms with E-state index < -0.39 is 6.10 Å². The highest BCUT2D eigenvalue weighted by Gasteiger charge is 2.33. The van der Waals surface area contributed by atoms with Crippen molar-refractivity contribution in [2.75, 3.05) is 0 Å². The summed E-state index contributed by atoms with van der Waals surface area (Å²) >= 11 is 12.3. The van der Waals surface area contributed by atoms with Crippen molar-refractivity contribution in [3.8, 4) is 0 Å². The number of carbonyl (C=O) groups excluding carboxylic acids is 1. The average molecular weight is 382 g/mol. The smallest absolute Gasteiger partial charge is 0.306 e. The second-order valence-corrected chi connectivity index (χ2v) is 7.51. The predicted molar refractivity (Wildman–Crippen MR) is 100 cm³/mol. The molecule has 1 aromatic carbocycles. The molecule has 1 atom stereocenters. The van der Waals surface area contributed by atoms with Crippen molar-refractivity contribution in [1.29, 1.82) is 0 Å². The van der Waals surface area contributed by atoms with Crippen molar-refractivity contribution < 1.29 is 9.53 Å². The van der Waals surface area contributed by atoms with Gasteiger partial charge in [0.2, 0.25) is 0 Å². The molecule has 2 rings (SSSR count). The van der Waals surface area contributed by atoms with Crippen LogP contribution in [-0.4, -0.2) is 26.8 Å². The van der Waals surface area contributed by atoms with Gasteiger partial charge in [0.15, 0.2) is 0 Å². The van der Waals surface area contributed by atoms with Crippen LogP contribution in [0.15, 0.2) is 30.9 Å². The first-order valence-corrected chi connectivity index (χ1v) is 8.69. The van der Waals surface area contributed by atoms with E-state index in [0.717, 1.165) is 5.56 Å². The fourth-order valence-electron chi connectivity index (χ4n) is 2.28. The molecule has 5 nitrogen and oxygen atoms in total. The van der Waals surface area contributed by atoms with Gasteiger partial charge in [0.25, 0.3) is 0 Å². The maximum atomic E-state index is 12.0. The van der Waals surface area contributed by atoms with E-state index in [1.165, 1.54) is 6.33 Å². The summed E-state index contributed by atoms with van der Waals surface area (Å²) in [5, 5.41) is 5.25. The molecule has 0 amide bonds. The highest BCUT2D eigenvalue weighted by atomic mass is 35.5. The molecule has 0 saturated carbocycles. The molecular weight excluding hydrogens is 361 g/mol. The summed E-state index contributed by atoms with van der Waals surface area (Å²) in [6.07, 6.45) is 4.59.